The van der Waals surface area contributed by atoms with E-state index >= 15 is 0 Å². The fourth-order valence-electron chi connectivity index (χ4n) is 1.62. The normalized spacial score (nSPS) is 10.7. The molecule has 0 aliphatic heterocycles. The van der Waals surface area contributed by atoms with Crippen molar-refractivity contribution in [1.29, 1.82) is 0 Å². The summed E-state index contributed by atoms with van der Waals surface area (Å²) in [7, 11) is 1.35. The molecule has 1 heterocycles. The number of halogens is 1. The lowest BCUT2D eigenvalue weighted by atomic mass is 10.1. The molecule has 0 bridgehead atoms. The Bertz CT molecular complexity index is 559. The van der Waals surface area contributed by atoms with E-state index in [2.05, 4.69) is 4.74 Å². The van der Waals surface area contributed by atoms with E-state index in [1.54, 1.807) is 12.3 Å². The number of furan rings is 1. The van der Waals surface area contributed by atoms with Crippen LogP contribution in [0.3, 0.4) is 0 Å². The fraction of sp³-hybridized carbons (Fsp3) is 0.250. The van der Waals surface area contributed by atoms with E-state index in [9.17, 15) is 9.90 Å². The van der Waals surface area contributed by atoms with Gasteiger partial charge in [0.25, 0.3) is 0 Å². The largest absolute Gasteiger partial charge is 0.506 e. The second-order valence-corrected chi connectivity index (χ2v) is 4.04. The number of phenols is 1. The molecule has 0 saturated heterocycles. The predicted octanol–water partition coefficient (Wildman–Crippen LogP) is 2.90. The summed E-state index contributed by atoms with van der Waals surface area (Å²) < 4.78 is 9.87. The van der Waals surface area contributed by atoms with Crippen LogP contribution in [0.1, 0.15) is 12.0 Å². The van der Waals surface area contributed by atoms with Crippen LogP contribution in [-0.4, -0.2) is 18.2 Å². The summed E-state index contributed by atoms with van der Waals surface area (Å²) in [6.45, 7) is 0. The van der Waals surface area contributed by atoms with Crippen molar-refractivity contribution in [2.75, 3.05) is 7.11 Å². The Kier molecular flexibility index (Phi) is 3.24. The van der Waals surface area contributed by atoms with E-state index < -0.39 is 0 Å². The predicted molar refractivity (Wildman–Crippen MR) is 63.2 cm³/mol. The Morgan fingerprint density at radius 2 is 2.29 bits per heavy atom. The number of carbonyl (C=O) groups excluding carboxylic acids is 1. The molecule has 0 fully saturated rings. The number of methoxy groups -OCH3 is 1. The molecule has 0 saturated carbocycles. The first-order chi connectivity index (χ1) is 8.11. The smallest absolute Gasteiger partial charge is 0.305 e. The lowest BCUT2D eigenvalue weighted by Crippen LogP contribution is -2.01. The maximum Gasteiger partial charge on any atom is 0.305 e. The maximum atomic E-state index is 11.0. The van der Waals surface area contributed by atoms with E-state index in [0.717, 1.165) is 10.9 Å². The minimum atomic E-state index is -0.280. The highest BCUT2D eigenvalue weighted by Gasteiger charge is 2.11. The molecule has 4 nitrogen and oxygen atoms in total. The van der Waals surface area contributed by atoms with Gasteiger partial charge in [-0.05, 0) is 18.1 Å². The van der Waals surface area contributed by atoms with E-state index in [-0.39, 0.29) is 23.2 Å². The number of aryl methyl sites for hydroxylation is 1. The van der Waals surface area contributed by atoms with Gasteiger partial charge >= 0.3 is 5.97 Å². The van der Waals surface area contributed by atoms with Crippen LogP contribution in [0, 0.1) is 0 Å². The standard InChI is InChI=1S/C12H11ClO4/c1-16-12(15)3-2-7-6-17-11-5-9(13)10(14)4-8(7)11/h4-6,14H,2-3H2,1H3. The van der Waals surface area contributed by atoms with Crippen LogP contribution in [0.5, 0.6) is 5.75 Å². The van der Waals surface area contributed by atoms with Gasteiger partial charge in [0.1, 0.15) is 11.3 Å². The van der Waals surface area contributed by atoms with Gasteiger partial charge in [0.05, 0.1) is 18.4 Å². The number of carbonyl (C=O) groups is 1. The summed E-state index contributed by atoms with van der Waals surface area (Å²) in [5.74, 6) is -0.280. The van der Waals surface area contributed by atoms with Gasteiger partial charge in [0.2, 0.25) is 0 Å². The molecule has 0 atom stereocenters. The molecular formula is C12H11ClO4. The molecule has 1 aromatic heterocycles. The number of rotatable bonds is 3. The van der Waals surface area contributed by atoms with Crippen LogP contribution >= 0.6 is 11.6 Å². The van der Waals surface area contributed by atoms with Crippen LogP contribution in [0.2, 0.25) is 5.02 Å². The molecule has 0 aliphatic rings. The highest BCUT2D eigenvalue weighted by Crippen LogP contribution is 2.32. The van der Waals surface area contributed by atoms with Crippen molar-refractivity contribution >= 4 is 28.5 Å². The van der Waals surface area contributed by atoms with Crippen molar-refractivity contribution in [2.45, 2.75) is 12.8 Å². The Balaban J connectivity index is 2.29. The van der Waals surface area contributed by atoms with Crippen LogP contribution in [0.4, 0.5) is 0 Å². The number of fused-ring (bicyclic) bond motifs is 1. The molecule has 17 heavy (non-hydrogen) atoms. The molecule has 2 rings (SSSR count). The topological polar surface area (TPSA) is 59.7 Å². The van der Waals surface area contributed by atoms with Crippen molar-refractivity contribution in [3.63, 3.8) is 0 Å². The van der Waals surface area contributed by atoms with Crippen molar-refractivity contribution in [2.24, 2.45) is 0 Å². The monoisotopic (exact) mass is 254 g/mol. The van der Waals surface area contributed by atoms with Gasteiger partial charge < -0.3 is 14.3 Å². The molecule has 0 spiro atoms. The summed E-state index contributed by atoms with van der Waals surface area (Å²) in [6, 6.07) is 3.08. The highest BCUT2D eigenvalue weighted by atomic mass is 35.5. The zero-order valence-electron chi connectivity index (χ0n) is 9.20. The second kappa shape index (κ2) is 4.67. The number of ether oxygens (including phenoxy) is 1. The van der Waals surface area contributed by atoms with E-state index in [4.69, 9.17) is 16.0 Å². The molecule has 1 N–H and O–H groups in total. The van der Waals surface area contributed by atoms with Crippen LogP contribution in [-0.2, 0) is 16.0 Å². The number of esters is 1. The van der Waals surface area contributed by atoms with E-state index in [1.165, 1.54) is 13.2 Å². The third-order valence-electron chi connectivity index (χ3n) is 2.55. The molecule has 0 amide bonds. The van der Waals surface area contributed by atoms with Crippen molar-refractivity contribution in [1.82, 2.24) is 0 Å². The average Bonchev–Trinajstić information content (AvgIpc) is 2.69. The Labute approximate surface area is 103 Å². The third kappa shape index (κ3) is 2.36. The first-order valence-electron chi connectivity index (χ1n) is 5.07. The van der Waals surface area contributed by atoms with Gasteiger partial charge in [0.15, 0.2) is 0 Å². The summed E-state index contributed by atoms with van der Waals surface area (Å²) in [5.41, 5.74) is 1.44. The van der Waals surface area contributed by atoms with Gasteiger partial charge in [0, 0.05) is 17.9 Å². The number of phenolic OH excluding ortho intramolecular Hbond substituents is 1. The summed E-state index contributed by atoms with van der Waals surface area (Å²) >= 11 is 5.76. The molecule has 0 aliphatic carbocycles. The molecule has 2 aromatic rings. The average molecular weight is 255 g/mol. The summed E-state index contributed by atoms with van der Waals surface area (Å²) in [6.07, 6.45) is 2.33. The zero-order chi connectivity index (χ0) is 12.4. The SMILES string of the molecule is COC(=O)CCc1coc2cc(Cl)c(O)cc12. The van der Waals surface area contributed by atoms with Gasteiger partial charge in [-0.25, -0.2) is 0 Å². The summed E-state index contributed by atoms with van der Waals surface area (Å²) in [5, 5.41) is 10.5. The molecule has 1 aromatic carbocycles. The highest BCUT2D eigenvalue weighted by molar-refractivity contribution is 6.32. The molecule has 0 radical (unpaired) electrons. The number of hydrogen-bond donors (Lipinski definition) is 1. The van der Waals surface area contributed by atoms with E-state index in [1.807, 2.05) is 0 Å². The minimum Gasteiger partial charge on any atom is -0.506 e. The molecule has 0 unspecified atom stereocenters. The third-order valence-corrected chi connectivity index (χ3v) is 2.85. The lowest BCUT2D eigenvalue weighted by molar-refractivity contribution is -0.140. The van der Waals surface area contributed by atoms with Crippen LogP contribution in [0.15, 0.2) is 22.8 Å². The van der Waals surface area contributed by atoms with Gasteiger partial charge in [-0.1, -0.05) is 11.6 Å². The minimum absolute atomic E-state index is 0.000107. The van der Waals surface area contributed by atoms with Crippen molar-refractivity contribution in [3.8, 4) is 5.75 Å². The molecular weight excluding hydrogens is 244 g/mol. The van der Waals surface area contributed by atoms with Crippen LogP contribution in [0.25, 0.3) is 11.0 Å². The molecule has 5 heteroatoms. The van der Waals surface area contributed by atoms with E-state index in [0.29, 0.717) is 12.0 Å². The maximum absolute atomic E-state index is 11.0. The van der Waals surface area contributed by atoms with Gasteiger partial charge in [-0.3, -0.25) is 4.79 Å². The van der Waals surface area contributed by atoms with Crippen molar-refractivity contribution in [3.05, 3.63) is 29.0 Å². The van der Waals surface area contributed by atoms with Gasteiger partial charge in [-0.15, -0.1) is 0 Å². The first-order valence-corrected chi connectivity index (χ1v) is 5.45. The molecule has 90 valence electrons. The van der Waals surface area contributed by atoms with Gasteiger partial charge in [-0.2, -0.15) is 0 Å². The fourth-order valence-corrected chi connectivity index (χ4v) is 1.78. The Morgan fingerprint density at radius 1 is 1.53 bits per heavy atom. The second-order valence-electron chi connectivity index (χ2n) is 3.64. The summed E-state index contributed by atoms with van der Waals surface area (Å²) in [4.78, 5) is 11.0. The van der Waals surface area contributed by atoms with Crippen molar-refractivity contribution < 1.29 is 19.1 Å². The lowest BCUT2D eigenvalue weighted by Gasteiger charge is -1.99. The first kappa shape index (κ1) is 11.8. The Morgan fingerprint density at radius 3 is 3.00 bits per heavy atom. The quantitative estimate of drug-likeness (QED) is 0.856. The number of aromatic hydroxyl groups is 1. The number of benzene rings is 1. The van der Waals surface area contributed by atoms with Crippen LogP contribution < -0.4 is 0 Å². The zero-order valence-corrected chi connectivity index (χ0v) is 9.95. The number of hydrogen-bond acceptors (Lipinski definition) is 4. The Hall–Kier alpha value is -1.68.